The van der Waals surface area contributed by atoms with Crippen LogP contribution in [0.5, 0.6) is 0 Å². The number of nitrogens with zero attached hydrogens (tertiary/aromatic N) is 2. The van der Waals surface area contributed by atoms with Gasteiger partial charge in [0, 0.05) is 18.0 Å². The fourth-order valence-corrected chi connectivity index (χ4v) is 6.63. The molecule has 5 rings (SSSR count). The average molecular weight is 397 g/mol. The number of likely N-dealkylation sites (tertiary alicyclic amines) is 1. The number of carbonyl (C=O) groups is 1. The van der Waals surface area contributed by atoms with E-state index in [0.29, 0.717) is 0 Å². The zero-order chi connectivity index (χ0) is 20.4. The quantitative estimate of drug-likeness (QED) is 0.648. The van der Waals surface area contributed by atoms with E-state index in [9.17, 15) is 4.79 Å². The van der Waals surface area contributed by atoms with Crippen molar-refractivity contribution < 1.29 is 9.53 Å². The zero-order valence-electron chi connectivity index (χ0n) is 18.5. The standard InChI is InChI=1S/C25H36N2O2/c1-17-5-8-21-20(13-17)25(16-27(21)23(28)29-24(2,3)4)9-11-26(12-10-25)22-15-18-6-7-19(22)14-18/h5,8,13,18-19,22H,6-7,9-12,14-16H2,1-4H3/t18-,19+,22?/m1/s1. The number of carbonyl (C=O) groups excluding carboxylic acids is 1. The van der Waals surface area contributed by atoms with Crippen molar-refractivity contribution in [3.8, 4) is 0 Å². The molecule has 0 aromatic heterocycles. The third-order valence-corrected chi connectivity index (χ3v) is 8.01. The molecule has 1 aromatic carbocycles. The van der Waals surface area contributed by atoms with Crippen LogP contribution in [-0.2, 0) is 10.2 Å². The van der Waals surface area contributed by atoms with Crippen molar-refractivity contribution in [2.24, 2.45) is 11.8 Å². The van der Waals surface area contributed by atoms with Gasteiger partial charge >= 0.3 is 6.09 Å². The molecule has 1 amide bonds. The molecule has 4 heteroatoms. The SMILES string of the molecule is Cc1ccc2c(c1)C1(CCN(C3C[C@@H]4CC[C@H]3C4)CC1)CN2C(=O)OC(C)(C)C. The topological polar surface area (TPSA) is 32.8 Å². The fourth-order valence-electron chi connectivity index (χ4n) is 6.63. The highest BCUT2D eigenvalue weighted by Crippen LogP contribution is 2.51. The van der Waals surface area contributed by atoms with Gasteiger partial charge in [0.15, 0.2) is 0 Å². The molecule has 2 bridgehead atoms. The second-order valence-corrected chi connectivity index (χ2v) is 11.1. The number of hydrogen-bond donors (Lipinski definition) is 0. The summed E-state index contributed by atoms with van der Waals surface area (Å²) in [6.07, 6.45) is 7.92. The van der Waals surface area contributed by atoms with Gasteiger partial charge in [0.1, 0.15) is 5.60 Å². The van der Waals surface area contributed by atoms with Crippen molar-refractivity contribution in [2.75, 3.05) is 24.5 Å². The highest BCUT2D eigenvalue weighted by atomic mass is 16.6. The van der Waals surface area contributed by atoms with Gasteiger partial charge in [-0.05, 0) is 96.4 Å². The Bertz CT molecular complexity index is 804. The molecule has 3 fully saturated rings. The van der Waals surface area contributed by atoms with Crippen molar-refractivity contribution >= 4 is 11.8 Å². The van der Waals surface area contributed by atoms with Crippen LogP contribution >= 0.6 is 0 Å². The lowest BCUT2D eigenvalue weighted by atomic mass is 9.73. The van der Waals surface area contributed by atoms with E-state index in [1.54, 1.807) is 0 Å². The van der Waals surface area contributed by atoms with Gasteiger partial charge in [-0.1, -0.05) is 24.1 Å². The van der Waals surface area contributed by atoms with Crippen LogP contribution in [0.4, 0.5) is 10.5 Å². The van der Waals surface area contributed by atoms with E-state index < -0.39 is 5.60 Å². The van der Waals surface area contributed by atoms with Gasteiger partial charge in [-0.25, -0.2) is 4.79 Å². The molecule has 1 saturated heterocycles. The molecule has 158 valence electrons. The van der Waals surface area contributed by atoms with E-state index in [1.165, 1.54) is 49.9 Å². The lowest BCUT2D eigenvalue weighted by Crippen LogP contribution is -2.50. The first kappa shape index (κ1) is 19.4. The van der Waals surface area contributed by atoms with Gasteiger partial charge in [-0.3, -0.25) is 4.90 Å². The van der Waals surface area contributed by atoms with Crippen LogP contribution in [-0.4, -0.2) is 42.3 Å². The van der Waals surface area contributed by atoms with E-state index in [0.717, 1.165) is 43.0 Å². The molecule has 1 aromatic rings. The summed E-state index contributed by atoms with van der Waals surface area (Å²) in [5, 5.41) is 0. The third kappa shape index (κ3) is 3.37. The summed E-state index contributed by atoms with van der Waals surface area (Å²) in [5.41, 5.74) is 3.34. The monoisotopic (exact) mass is 396 g/mol. The van der Waals surface area contributed by atoms with E-state index in [2.05, 4.69) is 30.0 Å². The molecule has 2 saturated carbocycles. The maximum absolute atomic E-state index is 13.0. The first-order valence-corrected chi connectivity index (χ1v) is 11.6. The highest BCUT2D eigenvalue weighted by Gasteiger charge is 2.50. The number of anilines is 1. The largest absolute Gasteiger partial charge is 0.443 e. The summed E-state index contributed by atoms with van der Waals surface area (Å²) in [5.74, 6) is 1.95. The number of ether oxygens (including phenoxy) is 1. The molecule has 2 aliphatic heterocycles. The van der Waals surface area contributed by atoms with Gasteiger partial charge in [-0.2, -0.15) is 0 Å². The van der Waals surface area contributed by atoms with Crippen LogP contribution in [0.25, 0.3) is 0 Å². The predicted molar refractivity (Wildman–Crippen MR) is 116 cm³/mol. The number of aryl methyl sites for hydroxylation is 1. The Morgan fingerprint density at radius 3 is 2.52 bits per heavy atom. The van der Waals surface area contributed by atoms with Crippen LogP contribution in [0.3, 0.4) is 0 Å². The van der Waals surface area contributed by atoms with E-state index in [4.69, 9.17) is 4.74 Å². The number of benzene rings is 1. The van der Waals surface area contributed by atoms with Crippen molar-refractivity contribution in [1.29, 1.82) is 0 Å². The van der Waals surface area contributed by atoms with E-state index >= 15 is 0 Å². The van der Waals surface area contributed by atoms with Gasteiger partial charge in [0.25, 0.3) is 0 Å². The maximum Gasteiger partial charge on any atom is 0.414 e. The van der Waals surface area contributed by atoms with Crippen LogP contribution < -0.4 is 4.90 Å². The summed E-state index contributed by atoms with van der Waals surface area (Å²) in [4.78, 5) is 17.7. The molecule has 4 aliphatic rings. The van der Waals surface area contributed by atoms with Gasteiger partial charge in [-0.15, -0.1) is 0 Å². The van der Waals surface area contributed by atoms with E-state index in [1.807, 2.05) is 25.7 Å². The Hall–Kier alpha value is -1.55. The van der Waals surface area contributed by atoms with Crippen molar-refractivity contribution in [1.82, 2.24) is 4.90 Å². The smallest absolute Gasteiger partial charge is 0.414 e. The first-order valence-electron chi connectivity index (χ1n) is 11.6. The minimum absolute atomic E-state index is 0.0897. The molecule has 1 unspecified atom stereocenters. The van der Waals surface area contributed by atoms with Crippen molar-refractivity contribution in [3.05, 3.63) is 29.3 Å². The van der Waals surface area contributed by atoms with Crippen LogP contribution in [0, 0.1) is 18.8 Å². The Morgan fingerprint density at radius 2 is 1.90 bits per heavy atom. The van der Waals surface area contributed by atoms with Gasteiger partial charge in [0.2, 0.25) is 0 Å². The number of piperidine rings is 1. The predicted octanol–water partition coefficient (Wildman–Crippen LogP) is 5.27. The van der Waals surface area contributed by atoms with Gasteiger partial charge in [0.05, 0.1) is 5.69 Å². The van der Waals surface area contributed by atoms with Crippen LogP contribution in [0.15, 0.2) is 18.2 Å². The third-order valence-electron chi connectivity index (χ3n) is 8.01. The Kier molecular flexibility index (Phi) is 4.51. The number of amides is 1. The summed E-state index contributed by atoms with van der Waals surface area (Å²) < 4.78 is 5.76. The minimum Gasteiger partial charge on any atom is -0.443 e. The first-order chi connectivity index (χ1) is 13.7. The second-order valence-electron chi connectivity index (χ2n) is 11.1. The number of hydrogen-bond acceptors (Lipinski definition) is 3. The molecule has 4 nitrogen and oxygen atoms in total. The van der Waals surface area contributed by atoms with Crippen molar-refractivity contribution in [3.63, 3.8) is 0 Å². The fraction of sp³-hybridized carbons (Fsp3) is 0.720. The Morgan fingerprint density at radius 1 is 1.14 bits per heavy atom. The van der Waals surface area contributed by atoms with Crippen LogP contribution in [0.2, 0.25) is 0 Å². The average Bonchev–Trinajstić information content (AvgIpc) is 3.35. The second kappa shape index (κ2) is 6.73. The highest BCUT2D eigenvalue weighted by molar-refractivity contribution is 5.91. The normalized spacial score (nSPS) is 30.8. The summed E-state index contributed by atoms with van der Waals surface area (Å²) in [6, 6.07) is 7.41. The molecule has 29 heavy (non-hydrogen) atoms. The molecule has 1 spiro atoms. The molecule has 3 atom stereocenters. The molecular weight excluding hydrogens is 360 g/mol. The minimum atomic E-state index is -0.469. The molecule has 0 N–H and O–H groups in total. The van der Waals surface area contributed by atoms with Crippen LogP contribution in [0.1, 0.15) is 70.4 Å². The summed E-state index contributed by atoms with van der Waals surface area (Å²) in [7, 11) is 0. The Labute approximate surface area is 175 Å². The van der Waals surface area contributed by atoms with Gasteiger partial charge < -0.3 is 9.64 Å². The lowest BCUT2D eigenvalue weighted by Gasteiger charge is -2.44. The number of fused-ring (bicyclic) bond motifs is 4. The molecule has 2 aliphatic carbocycles. The zero-order valence-corrected chi connectivity index (χ0v) is 18.5. The molecular formula is C25H36N2O2. The molecule has 2 heterocycles. The maximum atomic E-state index is 13.0. The van der Waals surface area contributed by atoms with E-state index in [-0.39, 0.29) is 11.5 Å². The lowest BCUT2D eigenvalue weighted by molar-refractivity contribution is 0.0558. The Balaban J connectivity index is 1.37. The molecule has 0 radical (unpaired) electrons. The summed E-state index contributed by atoms with van der Waals surface area (Å²) >= 11 is 0. The van der Waals surface area contributed by atoms with Crippen molar-refractivity contribution in [2.45, 2.75) is 83.3 Å². The summed E-state index contributed by atoms with van der Waals surface area (Å²) in [6.45, 7) is 11.1. The number of rotatable bonds is 1.